The van der Waals surface area contributed by atoms with E-state index in [9.17, 15) is 9.90 Å². The quantitative estimate of drug-likeness (QED) is 0.384. The van der Waals surface area contributed by atoms with Gasteiger partial charge in [0.1, 0.15) is 11.3 Å². The van der Waals surface area contributed by atoms with Crippen LogP contribution in [-0.2, 0) is 0 Å². The van der Waals surface area contributed by atoms with Crippen LogP contribution in [0.15, 0.2) is 59.0 Å². The van der Waals surface area contributed by atoms with Crippen molar-refractivity contribution in [2.75, 3.05) is 5.32 Å². The van der Waals surface area contributed by atoms with E-state index in [1.807, 2.05) is 45.0 Å². The van der Waals surface area contributed by atoms with Crippen LogP contribution in [-0.4, -0.2) is 21.1 Å². The Balaban J connectivity index is 1.50. The Morgan fingerprint density at radius 1 is 1.03 bits per heavy atom. The van der Waals surface area contributed by atoms with Gasteiger partial charge in [-0.2, -0.15) is 0 Å². The van der Waals surface area contributed by atoms with Crippen LogP contribution in [0.1, 0.15) is 27.0 Å². The van der Waals surface area contributed by atoms with Crippen molar-refractivity contribution in [3.8, 4) is 17.2 Å². The van der Waals surface area contributed by atoms with Gasteiger partial charge in [-0.15, -0.1) is 0 Å². The highest BCUT2D eigenvalue weighted by atomic mass is 32.1. The number of phenolic OH excluding ortho intramolecular Hbond substituents is 1. The molecule has 3 N–H and O–H groups in total. The van der Waals surface area contributed by atoms with E-state index in [1.165, 1.54) is 6.07 Å². The summed E-state index contributed by atoms with van der Waals surface area (Å²) in [7, 11) is 0. The van der Waals surface area contributed by atoms with E-state index in [0.29, 0.717) is 28.3 Å². The second kappa shape index (κ2) is 8.20. The van der Waals surface area contributed by atoms with Crippen LogP contribution in [0.25, 0.3) is 22.6 Å². The summed E-state index contributed by atoms with van der Waals surface area (Å²) in [6.45, 7) is 5.87. The summed E-state index contributed by atoms with van der Waals surface area (Å²) in [6, 6.07) is 16.1. The number of benzene rings is 3. The molecule has 0 aliphatic rings. The van der Waals surface area contributed by atoms with Gasteiger partial charge in [0, 0.05) is 17.3 Å². The molecular formula is C24H21N3O3S. The van der Waals surface area contributed by atoms with Crippen molar-refractivity contribution in [1.82, 2.24) is 10.3 Å². The Labute approximate surface area is 184 Å². The number of nitrogens with zero attached hydrogens (tertiary/aromatic N) is 1. The fourth-order valence-corrected chi connectivity index (χ4v) is 3.62. The van der Waals surface area contributed by atoms with Crippen molar-refractivity contribution in [1.29, 1.82) is 0 Å². The molecule has 0 unspecified atom stereocenters. The topological polar surface area (TPSA) is 87.4 Å². The van der Waals surface area contributed by atoms with Gasteiger partial charge in [-0.25, -0.2) is 4.98 Å². The van der Waals surface area contributed by atoms with E-state index in [0.717, 1.165) is 22.2 Å². The average molecular weight is 432 g/mol. The van der Waals surface area contributed by atoms with E-state index in [4.69, 9.17) is 16.6 Å². The van der Waals surface area contributed by atoms with Crippen molar-refractivity contribution in [3.63, 3.8) is 0 Å². The zero-order valence-corrected chi connectivity index (χ0v) is 18.1. The molecular weight excluding hydrogens is 410 g/mol. The summed E-state index contributed by atoms with van der Waals surface area (Å²) < 4.78 is 5.88. The number of aryl methyl sites for hydroxylation is 3. The molecule has 31 heavy (non-hydrogen) atoms. The first-order chi connectivity index (χ1) is 14.8. The lowest BCUT2D eigenvalue weighted by Gasteiger charge is -2.11. The van der Waals surface area contributed by atoms with Crippen molar-refractivity contribution in [3.05, 3.63) is 76.9 Å². The summed E-state index contributed by atoms with van der Waals surface area (Å²) in [5.41, 5.74) is 6.01. The number of oxazole rings is 1. The van der Waals surface area contributed by atoms with Crippen molar-refractivity contribution >= 4 is 40.0 Å². The first kappa shape index (κ1) is 20.6. The maximum absolute atomic E-state index is 12.3. The monoisotopic (exact) mass is 431 g/mol. The van der Waals surface area contributed by atoms with Crippen LogP contribution < -0.4 is 10.6 Å². The first-order valence-electron chi connectivity index (χ1n) is 9.70. The molecule has 0 atom stereocenters. The number of fused-ring (bicyclic) bond motifs is 1. The molecule has 4 aromatic rings. The Hall–Kier alpha value is -3.71. The number of carbonyl (C=O) groups is 1. The Kier molecular flexibility index (Phi) is 5.44. The van der Waals surface area contributed by atoms with Gasteiger partial charge in [-0.05, 0) is 74.4 Å². The highest BCUT2D eigenvalue weighted by Gasteiger charge is 2.15. The highest BCUT2D eigenvalue weighted by molar-refractivity contribution is 7.80. The molecule has 0 aliphatic heterocycles. The normalized spacial score (nSPS) is 10.8. The Bertz CT molecular complexity index is 1330. The van der Waals surface area contributed by atoms with Gasteiger partial charge in [0.05, 0.1) is 5.56 Å². The first-order valence-corrected chi connectivity index (χ1v) is 10.1. The summed E-state index contributed by atoms with van der Waals surface area (Å²) >= 11 is 5.23. The minimum Gasteiger partial charge on any atom is -0.507 e. The molecule has 1 amide bonds. The number of aromatic nitrogens is 1. The third-order valence-electron chi connectivity index (χ3n) is 4.81. The van der Waals surface area contributed by atoms with Gasteiger partial charge in [0.15, 0.2) is 10.7 Å². The smallest absolute Gasteiger partial charge is 0.257 e. The lowest BCUT2D eigenvalue weighted by Crippen LogP contribution is -2.34. The largest absolute Gasteiger partial charge is 0.507 e. The third kappa shape index (κ3) is 4.41. The summed E-state index contributed by atoms with van der Waals surface area (Å²) in [4.78, 5) is 16.8. The zero-order chi connectivity index (χ0) is 22.1. The number of amides is 1. The van der Waals surface area contributed by atoms with Gasteiger partial charge >= 0.3 is 0 Å². The van der Waals surface area contributed by atoms with Crippen LogP contribution >= 0.6 is 12.2 Å². The van der Waals surface area contributed by atoms with Crippen LogP contribution in [0.2, 0.25) is 0 Å². The number of anilines is 1. The van der Waals surface area contributed by atoms with Gasteiger partial charge < -0.3 is 14.8 Å². The van der Waals surface area contributed by atoms with E-state index in [2.05, 4.69) is 15.6 Å². The summed E-state index contributed by atoms with van der Waals surface area (Å²) in [5.74, 6) is 0.0148. The second-order valence-corrected chi connectivity index (χ2v) is 7.87. The molecule has 0 bridgehead atoms. The van der Waals surface area contributed by atoms with Crippen LogP contribution in [0.4, 0.5) is 5.69 Å². The number of thiocarbonyl (C=S) groups is 1. The molecule has 7 heteroatoms. The number of rotatable bonds is 3. The number of nitrogens with one attached hydrogen (secondary N) is 2. The number of carbonyl (C=O) groups excluding carboxylic acids is 1. The molecule has 0 saturated heterocycles. The second-order valence-electron chi connectivity index (χ2n) is 7.46. The minimum atomic E-state index is -0.306. The van der Waals surface area contributed by atoms with Gasteiger partial charge in [0.2, 0.25) is 5.89 Å². The number of hydrogen-bond acceptors (Lipinski definition) is 5. The van der Waals surface area contributed by atoms with Crippen molar-refractivity contribution < 1.29 is 14.3 Å². The van der Waals surface area contributed by atoms with E-state index in [-0.39, 0.29) is 16.8 Å². The van der Waals surface area contributed by atoms with E-state index < -0.39 is 0 Å². The zero-order valence-electron chi connectivity index (χ0n) is 17.3. The maximum atomic E-state index is 12.3. The number of aromatic hydroxyl groups is 1. The van der Waals surface area contributed by atoms with Crippen molar-refractivity contribution in [2.24, 2.45) is 0 Å². The molecule has 156 valence electrons. The summed E-state index contributed by atoms with van der Waals surface area (Å²) in [5, 5.41) is 16.2. The molecule has 0 fully saturated rings. The fraction of sp³-hybridized carbons (Fsp3) is 0.125. The molecule has 4 rings (SSSR count). The van der Waals surface area contributed by atoms with Crippen LogP contribution in [0.3, 0.4) is 0 Å². The molecule has 0 aliphatic carbocycles. The van der Waals surface area contributed by atoms with Gasteiger partial charge in [0.25, 0.3) is 5.91 Å². The molecule has 1 heterocycles. The highest BCUT2D eigenvalue weighted by Crippen LogP contribution is 2.34. The SMILES string of the molecule is Cc1cccc(C(=O)NC(=S)Nc2ccc(-c3nc4cc(C)cc(C)c4o3)c(O)c2)c1. The van der Waals surface area contributed by atoms with E-state index in [1.54, 1.807) is 24.3 Å². The number of hydrogen-bond donors (Lipinski definition) is 3. The summed E-state index contributed by atoms with van der Waals surface area (Å²) in [6.07, 6.45) is 0. The Morgan fingerprint density at radius 2 is 1.84 bits per heavy atom. The maximum Gasteiger partial charge on any atom is 0.257 e. The minimum absolute atomic E-state index is 0.0151. The molecule has 6 nitrogen and oxygen atoms in total. The predicted molar refractivity (Wildman–Crippen MR) is 125 cm³/mol. The third-order valence-corrected chi connectivity index (χ3v) is 5.02. The van der Waals surface area contributed by atoms with Crippen LogP contribution in [0.5, 0.6) is 5.75 Å². The van der Waals surface area contributed by atoms with Gasteiger partial charge in [-0.1, -0.05) is 23.8 Å². The molecule has 0 saturated carbocycles. The fourth-order valence-electron chi connectivity index (χ4n) is 3.41. The van der Waals surface area contributed by atoms with Gasteiger partial charge in [-0.3, -0.25) is 10.1 Å². The molecule has 0 radical (unpaired) electrons. The molecule has 0 spiro atoms. The molecule has 3 aromatic carbocycles. The van der Waals surface area contributed by atoms with Crippen molar-refractivity contribution in [2.45, 2.75) is 20.8 Å². The lowest BCUT2D eigenvalue weighted by atomic mass is 10.1. The van der Waals surface area contributed by atoms with Crippen LogP contribution in [0, 0.1) is 20.8 Å². The molecule has 1 aromatic heterocycles. The van der Waals surface area contributed by atoms with E-state index >= 15 is 0 Å². The standard InChI is InChI=1S/C24H21N3O3S/c1-13-5-4-6-16(10-13)22(29)27-24(31)25-17-7-8-18(20(28)12-17)23-26-19-11-14(2)9-15(3)21(19)30-23/h4-12,28H,1-3H3,(H2,25,27,29,31). The lowest BCUT2D eigenvalue weighted by molar-refractivity contribution is 0.0977. The average Bonchev–Trinajstić information content (AvgIpc) is 3.12. The Morgan fingerprint density at radius 3 is 2.58 bits per heavy atom. The number of phenols is 1. The predicted octanol–water partition coefficient (Wildman–Crippen LogP) is 5.25.